The fourth-order valence-corrected chi connectivity index (χ4v) is 2.12. The summed E-state index contributed by atoms with van der Waals surface area (Å²) in [4.78, 5) is 4.21. The molecule has 0 atom stereocenters. The Morgan fingerprint density at radius 3 is 2.65 bits per heavy atom. The molecular formula is C13H18N4. The maximum Gasteiger partial charge on any atom is 0.0852 e. The summed E-state index contributed by atoms with van der Waals surface area (Å²) in [5.41, 5.74) is 5.60. The van der Waals surface area contributed by atoms with E-state index in [2.05, 4.69) is 36.2 Å². The molecule has 0 bridgehead atoms. The molecule has 0 radical (unpaired) electrons. The number of nitrogens with zero attached hydrogens (tertiary/aromatic N) is 3. The van der Waals surface area contributed by atoms with Crippen molar-refractivity contribution in [2.45, 2.75) is 27.2 Å². The van der Waals surface area contributed by atoms with Gasteiger partial charge in [0.15, 0.2) is 0 Å². The highest BCUT2D eigenvalue weighted by Gasteiger charge is 2.11. The van der Waals surface area contributed by atoms with Gasteiger partial charge in [-0.2, -0.15) is 5.10 Å². The summed E-state index contributed by atoms with van der Waals surface area (Å²) in [6.45, 7) is 6.31. The van der Waals surface area contributed by atoms with Crippen LogP contribution in [0.2, 0.25) is 0 Å². The Bertz CT molecular complexity index is 528. The Balaban J connectivity index is 2.52. The Morgan fingerprint density at radius 1 is 1.29 bits per heavy atom. The molecule has 4 heteroatoms. The van der Waals surface area contributed by atoms with Crippen LogP contribution >= 0.6 is 0 Å². The highest BCUT2D eigenvalue weighted by molar-refractivity contribution is 5.48. The van der Waals surface area contributed by atoms with Gasteiger partial charge in [0.05, 0.1) is 29.5 Å². The van der Waals surface area contributed by atoms with Crippen molar-refractivity contribution in [3.63, 3.8) is 0 Å². The zero-order valence-corrected chi connectivity index (χ0v) is 10.8. The van der Waals surface area contributed by atoms with Gasteiger partial charge in [-0.15, -0.1) is 0 Å². The second kappa shape index (κ2) is 4.57. The lowest BCUT2D eigenvalue weighted by atomic mass is 10.1. The Morgan fingerprint density at radius 2 is 2.06 bits per heavy atom. The first-order chi connectivity index (χ1) is 8.17. The summed E-state index contributed by atoms with van der Waals surface area (Å²) in [6, 6.07) is 2.05. The first kappa shape index (κ1) is 11.6. The van der Waals surface area contributed by atoms with Crippen LogP contribution in [0.15, 0.2) is 18.5 Å². The van der Waals surface area contributed by atoms with E-state index in [0.29, 0.717) is 0 Å². The van der Waals surface area contributed by atoms with Crippen molar-refractivity contribution in [3.05, 3.63) is 35.4 Å². The lowest BCUT2D eigenvalue weighted by molar-refractivity contribution is 0.828. The van der Waals surface area contributed by atoms with Gasteiger partial charge in [0.2, 0.25) is 0 Å². The number of aromatic nitrogens is 3. The molecule has 0 amide bonds. The Labute approximate surface area is 102 Å². The molecule has 4 nitrogen and oxygen atoms in total. The SMILES string of the molecule is CCc1c(C)nn(-c2cncc(NC)c2)c1C. The molecule has 0 aliphatic rings. The third-order valence-electron chi connectivity index (χ3n) is 3.05. The predicted octanol–water partition coefficient (Wildman–Crippen LogP) is 2.49. The van der Waals surface area contributed by atoms with Crippen molar-refractivity contribution >= 4 is 5.69 Å². The standard InChI is InChI=1S/C13H18N4/c1-5-13-9(2)16-17(10(13)3)12-6-11(14-4)7-15-8-12/h6-8,14H,5H2,1-4H3. The van der Waals surface area contributed by atoms with Crippen molar-refractivity contribution in [3.8, 4) is 5.69 Å². The topological polar surface area (TPSA) is 42.7 Å². The smallest absolute Gasteiger partial charge is 0.0852 e. The lowest BCUT2D eigenvalue weighted by Crippen LogP contribution is -2.01. The van der Waals surface area contributed by atoms with Crippen LogP contribution in [-0.2, 0) is 6.42 Å². The third-order valence-corrected chi connectivity index (χ3v) is 3.05. The van der Waals surface area contributed by atoms with Gasteiger partial charge in [0, 0.05) is 12.7 Å². The molecule has 0 aromatic carbocycles. The molecule has 2 rings (SSSR count). The molecule has 0 aliphatic heterocycles. The average molecular weight is 230 g/mol. The van der Waals surface area contributed by atoms with Gasteiger partial charge in [0.1, 0.15) is 0 Å². The molecule has 2 aromatic heterocycles. The molecule has 0 unspecified atom stereocenters. The van der Waals surface area contributed by atoms with Crippen molar-refractivity contribution in [1.82, 2.24) is 14.8 Å². The van der Waals surface area contributed by atoms with E-state index in [0.717, 1.165) is 23.5 Å². The summed E-state index contributed by atoms with van der Waals surface area (Å²) in [7, 11) is 1.89. The van der Waals surface area contributed by atoms with Gasteiger partial charge in [-0.25, -0.2) is 4.68 Å². The normalized spacial score (nSPS) is 10.6. The zero-order chi connectivity index (χ0) is 12.4. The van der Waals surface area contributed by atoms with Crippen molar-refractivity contribution in [2.75, 3.05) is 12.4 Å². The van der Waals surface area contributed by atoms with E-state index >= 15 is 0 Å². The molecule has 0 spiro atoms. The summed E-state index contributed by atoms with van der Waals surface area (Å²) >= 11 is 0. The highest BCUT2D eigenvalue weighted by Crippen LogP contribution is 2.19. The highest BCUT2D eigenvalue weighted by atomic mass is 15.3. The minimum Gasteiger partial charge on any atom is -0.387 e. The number of nitrogens with one attached hydrogen (secondary N) is 1. The molecule has 0 fully saturated rings. The number of aryl methyl sites for hydroxylation is 1. The summed E-state index contributed by atoms with van der Waals surface area (Å²) in [5, 5.41) is 7.66. The molecular weight excluding hydrogens is 212 g/mol. The van der Waals surface area contributed by atoms with Crippen LogP contribution in [0.3, 0.4) is 0 Å². The van der Waals surface area contributed by atoms with Crippen LogP contribution in [0.25, 0.3) is 5.69 Å². The molecule has 90 valence electrons. The Hall–Kier alpha value is -1.84. The summed E-state index contributed by atoms with van der Waals surface area (Å²) in [5.74, 6) is 0. The van der Waals surface area contributed by atoms with Crippen molar-refractivity contribution in [2.24, 2.45) is 0 Å². The van der Waals surface area contributed by atoms with E-state index in [1.807, 2.05) is 24.0 Å². The number of hydrogen-bond acceptors (Lipinski definition) is 3. The van der Waals surface area contributed by atoms with Gasteiger partial charge in [0.25, 0.3) is 0 Å². The Kier molecular flexibility index (Phi) is 3.13. The van der Waals surface area contributed by atoms with Gasteiger partial charge in [-0.3, -0.25) is 4.98 Å². The number of pyridine rings is 1. The minimum atomic E-state index is 0.994. The van der Waals surface area contributed by atoms with Crippen molar-refractivity contribution in [1.29, 1.82) is 0 Å². The minimum absolute atomic E-state index is 0.994. The van der Waals surface area contributed by atoms with E-state index in [-0.39, 0.29) is 0 Å². The van der Waals surface area contributed by atoms with E-state index in [1.165, 1.54) is 11.3 Å². The van der Waals surface area contributed by atoms with E-state index < -0.39 is 0 Å². The van der Waals surface area contributed by atoms with Gasteiger partial charge in [-0.05, 0) is 31.9 Å². The second-order valence-corrected chi connectivity index (χ2v) is 4.10. The van der Waals surface area contributed by atoms with Crippen LogP contribution in [-0.4, -0.2) is 21.8 Å². The molecule has 1 N–H and O–H groups in total. The fourth-order valence-electron chi connectivity index (χ4n) is 2.12. The fraction of sp³-hybridized carbons (Fsp3) is 0.385. The maximum absolute atomic E-state index is 4.58. The summed E-state index contributed by atoms with van der Waals surface area (Å²) < 4.78 is 1.96. The van der Waals surface area contributed by atoms with Crippen LogP contribution in [0.1, 0.15) is 23.9 Å². The monoisotopic (exact) mass is 230 g/mol. The number of rotatable bonds is 3. The second-order valence-electron chi connectivity index (χ2n) is 4.10. The average Bonchev–Trinajstić information content (AvgIpc) is 2.64. The predicted molar refractivity (Wildman–Crippen MR) is 69.8 cm³/mol. The molecule has 2 aromatic rings. The van der Waals surface area contributed by atoms with Crippen LogP contribution in [0.5, 0.6) is 0 Å². The van der Waals surface area contributed by atoms with Crippen LogP contribution in [0, 0.1) is 13.8 Å². The maximum atomic E-state index is 4.58. The van der Waals surface area contributed by atoms with Crippen LogP contribution in [0.4, 0.5) is 5.69 Å². The molecule has 17 heavy (non-hydrogen) atoms. The third kappa shape index (κ3) is 2.02. The molecule has 0 saturated carbocycles. The van der Waals surface area contributed by atoms with Gasteiger partial charge < -0.3 is 5.32 Å². The lowest BCUT2D eigenvalue weighted by Gasteiger charge is -2.06. The summed E-state index contributed by atoms with van der Waals surface area (Å²) in [6.07, 6.45) is 4.65. The molecule has 0 aliphatic carbocycles. The van der Waals surface area contributed by atoms with Gasteiger partial charge >= 0.3 is 0 Å². The first-order valence-electron chi connectivity index (χ1n) is 5.85. The van der Waals surface area contributed by atoms with E-state index in [9.17, 15) is 0 Å². The van der Waals surface area contributed by atoms with Gasteiger partial charge in [-0.1, -0.05) is 6.92 Å². The quantitative estimate of drug-likeness (QED) is 0.881. The van der Waals surface area contributed by atoms with Crippen LogP contribution < -0.4 is 5.32 Å². The zero-order valence-electron chi connectivity index (χ0n) is 10.8. The van der Waals surface area contributed by atoms with Crippen molar-refractivity contribution < 1.29 is 0 Å². The number of hydrogen-bond donors (Lipinski definition) is 1. The molecule has 0 saturated heterocycles. The largest absolute Gasteiger partial charge is 0.387 e. The first-order valence-corrected chi connectivity index (χ1v) is 5.85. The van der Waals surface area contributed by atoms with E-state index in [4.69, 9.17) is 0 Å². The number of anilines is 1. The van der Waals surface area contributed by atoms with E-state index in [1.54, 1.807) is 6.20 Å². The molecule has 2 heterocycles.